The van der Waals surface area contributed by atoms with Gasteiger partial charge in [-0.15, -0.1) is 0 Å². The van der Waals surface area contributed by atoms with Gasteiger partial charge in [0.2, 0.25) is 5.17 Å². The normalized spacial score (nSPS) is 18.1. The maximum Gasteiger partial charge on any atom is 0.306 e. The molecule has 0 radical (unpaired) electrons. The van der Waals surface area contributed by atoms with Crippen LogP contribution in [0.5, 0.6) is 11.5 Å². The summed E-state index contributed by atoms with van der Waals surface area (Å²) in [5, 5.41) is 9.31. The van der Waals surface area contributed by atoms with Crippen molar-refractivity contribution in [3.8, 4) is 11.5 Å². The van der Waals surface area contributed by atoms with E-state index in [0.717, 1.165) is 18.2 Å². The van der Waals surface area contributed by atoms with Gasteiger partial charge in [-0.1, -0.05) is 17.8 Å². The number of aliphatic imine (C=N–C) groups is 1. The Balaban J connectivity index is 1.99. The molecule has 0 bridgehead atoms. The Hall–Kier alpha value is -2.31. The zero-order valence-electron chi connectivity index (χ0n) is 15.1. The van der Waals surface area contributed by atoms with Crippen molar-refractivity contribution in [3.05, 3.63) is 29.3 Å². The molecule has 2 heterocycles. The molecule has 0 saturated carbocycles. The van der Waals surface area contributed by atoms with Gasteiger partial charge in [0, 0.05) is 0 Å². The summed E-state index contributed by atoms with van der Waals surface area (Å²) in [4.78, 5) is 17.9. The molecule has 9 nitrogen and oxygen atoms in total. The number of ether oxygens (including phenoxy) is 1. The van der Waals surface area contributed by atoms with Crippen LogP contribution in [-0.4, -0.2) is 54.5 Å². The monoisotopic (exact) mass is 440 g/mol. The van der Waals surface area contributed by atoms with Crippen LogP contribution in [0.25, 0.3) is 6.08 Å². The van der Waals surface area contributed by atoms with Gasteiger partial charge in [-0.25, -0.2) is 4.90 Å². The van der Waals surface area contributed by atoms with E-state index in [-0.39, 0.29) is 22.9 Å². The third-order valence-electron chi connectivity index (χ3n) is 3.50. The fourth-order valence-corrected chi connectivity index (χ4v) is 4.33. The quantitative estimate of drug-likeness (QED) is 0.421. The summed E-state index contributed by atoms with van der Waals surface area (Å²) in [7, 11) is -3.72. The minimum atomic E-state index is -3.72. The Kier molecular flexibility index (Phi) is 5.82. The van der Waals surface area contributed by atoms with E-state index in [1.807, 2.05) is 6.26 Å². The van der Waals surface area contributed by atoms with Gasteiger partial charge in [0.25, 0.3) is 5.91 Å². The zero-order chi connectivity index (χ0) is 20.5. The number of carbonyl (C=O) groups is 1. The molecular weight excluding hydrogens is 424 g/mol. The average molecular weight is 441 g/mol. The lowest BCUT2D eigenvalue weighted by Crippen LogP contribution is -2.41. The number of fused-ring (bicyclic) bond motifs is 1. The van der Waals surface area contributed by atoms with Crippen molar-refractivity contribution in [2.24, 2.45) is 9.39 Å². The topological polar surface area (TPSA) is 121 Å². The first-order valence-corrected chi connectivity index (χ1v) is 11.7. The largest absolute Gasteiger partial charge is 0.490 e. The molecule has 1 amide bonds. The molecule has 28 heavy (non-hydrogen) atoms. The van der Waals surface area contributed by atoms with Crippen LogP contribution in [0.3, 0.4) is 0 Å². The van der Waals surface area contributed by atoms with Crippen molar-refractivity contribution in [3.63, 3.8) is 0 Å². The van der Waals surface area contributed by atoms with Gasteiger partial charge in [-0.2, -0.15) is 17.8 Å². The molecule has 1 aromatic rings. The number of hydrogen-bond acceptors (Lipinski definition) is 9. The Morgan fingerprint density at radius 3 is 2.75 bits per heavy atom. The standard InChI is InChI=1S/C16H16N4O5S3/c1-4-24-12-8-9(5-6-11(12)25-28(3,22)23)7-10-13(17)20-15(18-14(10)21)27-19-16(20)26-2/h5-8,17H,4H2,1-3H3/b10-7-,17-13?. The van der Waals surface area contributed by atoms with Gasteiger partial charge in [0.15, 0.2) is 16.7 Å². The molecule has 3 rings (SSSR count). The van der Waals surface area contributed by atoms with Crippen molar-refractivity contribution in [1.29, 1.82) is 5.41 Å². The lowest BCUT2D eigenvalue weighted by atomic mass is 10.1. The maximum absolute atomic E-state index is 12.4. The number of carbonyl (C=O) groups excluding carboxylic acids is 1. The van der Waals surface area contributed by atoms with E-state index >= 15 is 0 Å². The molecule has 0 aliphatic carbocycles. The summed E-state index contributed by atoms with van der Waals surface area (Å²) < 4.78 is 37.4. The summed E-state index contributed by atoms with van der Waals surface area (Å²) in [6.45, 7) is 2.04. The third-order valence-corrected chi connectivity index (χ3v) is 5.43. The summed E-state index contributed by atoms with van der Waals surface area (Å²) in [6.07, 6.45) is 4.26. The number of nitrogens with one attached hydrogen (secondary N) is 1. The Morgan fingerprint density at radius 2 is 2.11 bits per heavy atom. The molecule has 0 atom stereocenters. The van der Waals surface area contributed by atoms with Crippen LogP contribution >= 0.6 is 23.7 Å². The van der Waals surface area contributed by atoms with Crippen LogP contribution in [0.2, 0.25) is 0 Å². The highest BCUT2D eigenvalue weighted by molar-refractivity contribution is 8.18. The molecule has 0 saturated heterocycles. The Labute approximate surface area is 170 Å². The fraction of sp³-hybridized carbons (Fsp3) is 0.250. The van der Waals surface area contributed by atoms with Crippen LogP contribution in [0.4, 0.5) is 0 Å². The van der Waals surface area contributed by atoms with Crippen LogP contribution in [0.1, 0.15) is 12.5 Å². The summed E-state index contributed by atoms with van der Waals surface area (Å²) in [5.74, 6) is -0.313. The second-order valence-electron chi connectivity index (χ2n) is 5.54. The zero-order valence-corrected chi connectivity index (χ0v) is 17.6. The van der Waals surface area contributed by atoms with Crippen molar-refractivity contribution >= 4 is 62.0 Å². The van der Waals surface area contributed by atoms with Gasteiger partial charge >= 0.3 is 10.1 Å². The van der Waals surface area contributed by atoms with Crippen molar-refractivity contribution in [1.82, 2.24) is 4.90 Å². The third kappa shape index (κ3) is 4.23. The van der Waals surface area contributed by atoms with E-state index in [1.165, 1.54) is 28.8 Å². The van der Waals surface area contributed by atoms with Gasteiger partial charge in [-0.3, -0.25) is 10.2 Å². The van der Waals surface area contributed by atoms with Gasteiger partial charge in [0.05, 0.1) is 30.4 Å². The molecule has 12 heteroatoms. The fourth-order valence-electron chi connectivity index (χ4n) is 2.41. The SMILES string of the molecule is CCOc1cc(/C=C2/C(=N)N3C(SC)=NSC3=NC2=O)ccc1OS(C)(=O)=O. The van der Waals surface area contributed by atoms with E-state index in [2.05, 4.69) is 9.39 Å². The number of benzene rings is 1. The van der Waals surface area contributed by atoms with E-state index in [1.54, 1.807) is 19.1 Å². The highest BCUT2D eigenvalue weighted by atomic mass is 32.2. The molecule has 1 N–H and O–H groups in total. The second kappa shape index (κ2) is 7.97. The molecule has 148 valence electrons. The minimum absolute atomic E-state index is 0.0254. The lowest BCUT2D eigenvalue weighted by Gasteiger charge is -2.23. The van der Waals surface area contributed by atoms with Crippen LogP contribution in [-0.2, 0) is 14.9 Å². The molecular formula is C16H16N4O5S3. The van der Waals surface area contributed by atoms with Crippen molar-refractivity contribution in [2.45, 2.75) is 6.92 Å². The first-order valence-electron chi connectivity index (χ1n) is 7.92. The smallest absolute Gasteiger partial charge is 0.306 e. The van der Waals surface area contributed by atoms with Gasteiger partial charge in [-0.05, 0) is 37.0 Å². The molecule has 0 spiro atoms. The molecule has 1 aromatic carbocycles. The number of nitrogens with zero attached hydrogens (tertiary/aromatic N) is 3. The van der Waals surface area contributed by atoms with Crippen molar-refractivity contribution in [2.75, 3.05) is 19.1 Å². The Morgan fingerprint density at radius 1 is 1.36 bits per heavy atom. The summed E-state index contributed by atoms with van der Waals surface area (Å²) >= 11 is 2.40. The molecule has 0 unspecified atom stereocenters. The van der Waals surface area contributed by atoms with Crippen LogP contribution < -0.4 is 8.92 Å². The molecule has 0 fully saturated rings. The number of amides is 1. The van der Waals surface area contributed by atoms with Gasteiger partial charge in [0.1, 0.15) is 5.84 Å². The van der Waals surface area contributed by atoms with E-state index < -0.39 is 16.0 Å². The number of rotatable bonds is 5. The van der Waals surface area contributed by atoms with E-state index in [4.69, 9.17) is 14.3 Å². The van der Waals surface area contributed by atoms with Gasteiger partial charge < -0.3 is 8.92 Å². The predicted molar refractivity (Wildman–Crippen MR) is 112 cm³/mol. The highest BCUT2D eigenvalue weighted by Gasteiger charge is 2.37. The van der Waals surface area contributed by atoms with Crippen LogP contribution in [0, 0.1) is 5.41 Å². The molecule has 0 aromatic heterocycles. The summed E-state index contributed by atoms with van der Waals surface area (Å²) in [5.41, 5.74) is 0.623. The molecule has 2 aliphatic heterocycles. The number of hydrogen-bond donors (Lipinski definition) is 1. The second-order valence-corrected chi connectivity index (χ2v) is 8.62. The lowest BCUT2D eigenvalue weighted by molar-refractivity contribution is -0.114. The number of thioether (sulfide) groups is 1. The average Bonchev–Trinajstić information content (AvgIpc) is 3.02. The minimum Gasteiger partial charge on any atom is -0.490 e. The van der Waals surface area contributed by atoms with Crippen molar-refractivity contribution < 1.29 is 22.1 Å². The van der Waals surface area contributed by atoms with E-state index in [9.17, 15) is 13.2 Å². The maximum atomic E-state index is 12.4. The van der Waals surface area contributed by atoms with Crippen LogP contribution in [0.15, 0.2) is 33.2 Å². The first-order chi connectivity index (χ1) is 13.2. The predicted octanol–water partition coefficient (Wildman–Crippen LogP) is 2.36. The first kappa shape index (κ1) is 20.4. The number of amidine groups is 3. The molecule has 2 aliphatic rings. The highest BCUT2D eigenvalue weighted by Crippen LogP contribution is 2.33. The Bertz CT molecular complexity index is 1050. The van der Waals surface area contributed by atoms with E-state index in [0.29, 0.717) is 22.5 Å². The summed E-state index contributed by atoms with van der Waals surface area (Å²) in [6, 6.07) is 4.54.